The van der Waals surface area contributed by atoms with E-state index in [1.54, 1.807) is 10.6 Å². The highest BCUT2D eigenvalue weighted by Gasteiger charge is 2.52. The van der Waals surface area contributed by atoms with E-state index in [-0.39, 0.29) is 55.0 Å². The van der Waals surface area contributed by atoms with Gasteiger partial charge in [0.05, 0.1) is 77.5 Å². The van der Waals surface area contributed by atoms with Crippen LogP contribution in [0.5, 0.6) is 0 Å². The predicted octanol–water partition coefficient (Wildman–Crippen LogP) is 16.8. The zero-order chi connectivity index (χ0) is 69.0. The summed E-state index contributed by atoms with van der Waals surface area (Å²) >= 11 is 0. The van der Waals surface area contributed by atoms with Gasteiger partial charge in [0.2, 0.25) is 0 Å². The number of anilines is 3. The number of benzene rings is 13. The molecule has 0 atom stereocenters. The normalized spacial score (nSPS) is 16.0. The molecule has 16 aromatic rings. The third kappa shape index (κ3) is 6.25. The number of rotatable bonds is 7. The average molecular weight is 1100 g/mol. The van der Waals surface area contributed by atoms with Crippen LogP contribution in [0, 0.1) is 0 Å². The van der Waals surface area contributed by atoms with E-state index in [0.717, 1.165) is 60.2 Å². The van der Waals surface area contributed by atoms with Gasteiger partial charge in [-0.1, -0.05) is 230 Å². The van der Waals surface area contributed by atoms with Crippen molar-refractivity contribution in [2.24, 2.45) is 0 Å². The second-order valence-corrected chi connectivity index (χ2v) is 25.3. The summed E-state index contributed by atoms with van der Waals surface area (Å²) in [6.07, 6.45) is 0. The molecule has 0 bridgehead atoms. The van der Waals surface area contributed by atoms with Crippen LogP contribution in [0.25, 0.3) is 82.5 Å². The predicted molar refractivity (Wildman–Crippen MR) is 353 cm³/mol. The van der Waals surface area contributed by atoms with E-state index in [9.17, 15) is 13.7 Å². The van der Waals surface area contributed by atoms with Gasteiger partial charge in [-0.05, 0) is 128 Å². The molecule has 0 amide bonds. The van der Waals surface area contributed by atoms with Crippen molar-refractivity contribution in [3.05, 3.63) is 337 Å². The molecule has 0 fully saturated rings. The lowest BCUT2D eigenvalue weighted by Gasteiger charge is -2.49. The van der Waals surface area contributed by atoms with E-state index < -0.39 is 110 Å². The molecule has 0 saturated heterocycles. The molecule has 0 N–H and O–H groups in total. The summed E-state index contributed by atoms with van der Waals surface area (Å²) in [7, 11) is -3.39. The Balaban J connectivity index is 1.09. The number of aromatic nitrogens is 3. The van der Waals surface area contributed by atoms with E-state index in [1.165, 1.54) is 4.57 Å². The minimum atomic E-state index is -3.39. The first-order valence-electron chi connectivity index (χ1n) is 35.9. The van der Waals surface area contributed by atoms with Crippen molar-refractivity contribution in [2.75, 3.05) is 4.90 Å². The second kappa shape index (κ2) is 17.9. The zero-order valence-electron chi connectivity index (χ0n) is 60.6. The Morgan fingerprint density at radius 3 is 1.21 bits per heavy atom. The van der Waals surface area contributed by atoms with Gasteiger partial charge in [0.1, 0.15) is 0 Å². The SMILES string of the molecule is [2H]c1c([2H])c([2H])c2c(c1[2H])c1c([2H])c([2H])c([2H])c([2H])c1n2-c1ccc2c(c1)c1cc(-n3c4c([2H])c([2H])c([2H])c([2H])c4c4c([2H])c([2H])c([2H])c([2H])c43)cc3c1n2-c1cc([Si](c2ccccc2)(c2ccccc2)c2ccccc2)ccc1C31c2ccccc2N(c2ccccc2)c2ccccc21. The monoisotopic (exact) mass is 1100 g/mol. The Morgan fingerprint density at radius 2 is 0.702 bits per heavy atom. The van der Waals surface area contributed by atoms with Crippen LogP contribution in [-0.4, -0.2) is 21.8 Å². The molecule has 4 nitrogen and oxygen atoms in total. The molecular weight excluding hydrogens is 1030 g/mol. The second-order valence-electron chi connectivity index (χ2n) is 21.5. The highest BCUT2D eigenvalue weighted by Crippen LogP contribution is 2.62. The minimum Gasteiger partial charge on any atom is -0.310 e. The molecule has 84 heavy (non-hydrogen) atoms. The fourth-order valence-corrected chi connectivity index (χ4v) is 19.2. The molecule has 2 aliphatic rings. The molecule has 2 aliphatic heterocycles. The number of hydrogen-bond acceptors (Lipinski definition) is 1. The molecule has 5 heteroatoms. The first-order valence-corrected chi connectivity index (χ1v) is 29.9. The Morgan fingerprint density at radius 1 is 0.274 bits per heavy atom. The first-order chi connectivity index (χ1) is 48.3. The highest BCUT2D eigenvalue weighted by molar-refractivity contribution is 7.20. The molecule has 5 heterocycles. The van der Waals surface area contributed by atoms with Crippen LogP contribution in [0.2, 0.25) is 0 Å². The van der Waals surface area contributed by atoms with E-state index in [2.05, 4.69) is 137 Å². The Hall–Kier alpha value is -10.7. The molecule has 392 valence electrons. The summed E-state index contributed by atoms with van der Waals surface area (Å²) in [4.78, 5) is 2.26. The maximum atomic E-state index is 9.86. The van der Waals surface area contributed by atoms with Gasteiger partial charge in [-0.3, -0.25) is 0 Å². The lowest BCUT2D eigenvalue weighted by molar-refractivity contribution is 0.715. The zero-order valence-corrected chi connectivity index (χ0v) is 45.6. The molecule has 3 aromatic heterocycles. The molecule has 0 aliphatic carbocycles. The molecule has 1 spiro atoms. The number of fused-ring (bicyclic) bond motifs is 17. The van der Waals surface area contributed by atoms with Crippen molar-refractivity contribution in [1.82, 2.24) is 13.7 Å². The largest absolute Gasteiger partial charge is 0.310 e. The van der Waals surface area contributed by atoms with E-state index in [0.29, 0.717) is 27.4 Å². The quantitative estimate of drug-likeness (QED) is 0.115. The van der Waals surface area contributed by atoms with Crippen molar-refractivity contribution < 1.29 is 21.9 Å². The lowest BCUT2D eigenvalue weighted by atomic mass is 9.60. The summed E-state index contributed by atoms with van der Waals surface area (Å²) in [6.45, 7) is 0. The standard InChI is InChI=1S/C79H52N4Si/c1-5-25-53(26-6-1)80-75-43-23-17-37-66(75)79(67-38-18-24-44-76(67)80)68-47-46-59(84(56-27-7-2-8-28-56,57-29-9-3-10-30-57)58-31-11-4-12-32-58)52-77(68)83-74-48-45-54(81-70-39-19-13-33-60(70)61-34-14-20-40-71(61)81)49-64(74)65-50-55(51-69(79)78(65)83)82-72-41-21-15-35-62(72)63-36-16-22-42-73(63)82/h1-52H/i13D,14D,15D,16D,19D,20D,21D,22D,33D,34D,35D,36D,39D,40D,41D,42D. The van der Waals surface area contributed by atoms with E-state index in [1.807, 2.05) is 84.9 Å². The maximum Gasteiger partial charge on any atom is 0.179 e. The van der Waals surface area contributed by atoms with Crippen LogP contribution >= 0.6 is 0 Å². The summed E-state index contributed by atoms with van der Waals surface area (Å²) in [5.41, 5.74) is 6.79. The third-order valence-corrected chi connectivity index (χ3v) is 22.4. The topological polar surface area (TPSA) is 18.0 Å². The summed E-state index contributed by atoms with van der Waals surface area (Å²) in [6, 6.07) is 66.4. The summed E-state index contributed by atoms with van der Waals surface area (Å²) < 4.78 is 155. The molecule has 0 radical (unpaired) electrons. The van der Waals surface area contributed by atoms with Gasteiger partial charge in [-0.25, -0.2) is 0 Å². The Bertz CT molecular complexity index is 6020. The molecule has 0 saturated carbocycles. The van der Waals surface area contributed by atoms with Gasteiger partial charge in [-0.2, -0.15) is 0 Å². The van der Waals surface area contributed by atoms with Crippen molar-refractivity contribution in [2.45, 2.75) is 5.41 Å². The third-order valence-electron chi connectivity index (χ3n) is 17.6. The number of para-hydroxylation sites is 7. The minimum absolute atomic E-state index is 0.0771. The van der Waals surface area contributed by atoms with Crippen LogP contribution in [0.3, 0.4) is 0 Å². The van der Waals surface area contributed by atoms with Crippen molar-refractivity contribution in [3.63, 3.8) is 0 Å². The van der Waals surface area contributed by atoms with Gasteiger partial charge in [0.15, 0.2) is 8.07 Å². The van der Waals surface area contributed by atoms with Gasteiger partial charge >= 0.3 is 0 Å². The van der Waals surface area contributed by atoms with Crippen molar-refractivity contribution in [3.8, 4) is 17.1 Å². The van der Waals surface area contributed by atoms with Crippen molar-refractivity contribution >= 4 is 111 Å². The van der Waals surface area contributed by atoms with Gasteiger partial charge in [0, 0.05) is 49.4 Å². The van der Waals surface area contributed by atoms with Crippen LogP contribution < -0.4 is 25.6 Å². The molecule has 13 aromatic carbocycles. The van der Waals surface area contributed by atoms with Crippen LogP contribution in [0.15, 0.2) is 315 Å². The number of hydrogen-bond donors (Lipinski definition) is 0. The molecule has 18 rings (SSSR count). The van der Waals surface area contributed by atoms with E-state index in [4.69, 9.17) is 8.22 Å². The summed E-state index contributed by atoms with van der Waals surface area (Å²) in [5.74, 6) is 0. The van der Waals surface area contributed by atoms with Crippen LogP contribution in [-0.2, 0) is 5.41 Å². The Kier molecular flexibility index (Phi) is 7.22. The van der Waals surface area contributed by atoms with Crippen molar-refractivity contribution in [1.29, 1.82) is 0 Å². The fourth-order valence-electron chi connectivity index (χ4n) is 14.4. The van der Waals surface area contributed by atoms with Gasteiger partial charge < -0.3 is 18.6 Å². The first kappa shape index (κ1) is 33.9. The molecule has 0 unspecified atom stereocenters. The smallest absolute Gasteiger partial charge is 0.179 e. The van der Waals surface area contributed by atoms with E-state index >= 15 is 0 Å². The Labute approximate surface area is 509 Å². The van der Waals surface area contributed by atoms with Gasteiger partial charge in [-0.15, -0.1) is 0 Å². The van der Waals surface area contributed by atoms with Crippen LogP contribution in [0.4, 0.5) is 17.1 Å². The fraction of sp³-hybridized carbons (Fsp3) is 0.0127. The highest BCUT2D eigenvalue weighted by atomic mass is 28.3. The number of nitrogens with zero attached hydrogens (tertiary/aromatic N) is 4. The van der Waals surface area contributed by atoms with Crippen LogP contribution in [0.1, 0.15) is 44.2 Å². The van der Waals surface area contributed by atoms with Gasteiger partial charge in [0.25, 0.3) is 0 Å². The molecular formula is C79H52N4Si. The summed E-state index contributed by atoms with van der Waals surface area (Å²) in [5, 5.41) is 5.12. The average Bonchev–Trinajstić information content (AvgIpc) is 1.33. The lowest BCUT2D eigenvalue weighted by Crippen LogP contribution is -2.74. The maximum absolute atomic E-state index is 9.86.